The summed E-state index contributed by atoms with van der Waals surface area (Å²) in [7, 11) is 0. The average Bonchev–Trinajstić information content (AvgIpc) is 2.96. The van der Waals surface area contributed by atoms with Gasteiger partial charge in [0, 0.05) is 23.7 Å². The molecule has 3 rings (SSSR count). The van der Waals surface area contributed by atoms with E-state index >= 15 is 0 Å². The van der Waals surface area contributed by atoms with E-state index in [9.17, 15) is 0 Å². The summed E-state index contributed by atoms with van der Waals surface area (Å²) >= 11 is 1.49. The van der Waals surface area contributed by atoms with E-state index in [1.807, 2.05) is 30.3 Å². The molecule has 1 aromatic carbocycles. The van der Waals surface area contributed by atoms with Crippen LogP contribution in [0.1, 0.15) is 5.69 Å². The van der Waals surface area contributed by atoms with E-state index in [1.165, 1.54) is 11.8 Å². The summed E-state index contributed by atoms with van der Waals surface area (Å²) in [4.78, 5) is 12.6. The molecule has 0 spiro atoms. The zero-order valence-electron chi connectivity index (χ0n) is 10.6. The highest BCUT2D eigenvalue weighted by molar-refractivity contribution is 7.98. The molecule has 6 heteroatoms. The Morgan fingerprint density at radius 2 is 1.90 bits per heavy atom. The number of hydrogen-bond acceptors (Lipinski definition) is 6. The van der Waals surface area contributed by atoms with Crippen LogP contribution in [0.25, 0.3) is 11.5 Å². The second kappa shape index (κ2) is 5.75. The van der Waals surface area contributed by atoms with Gasteiger partial charge in [0.2, 0.25) is 5.89 Å². The Balaban J connectivity index is 1.71. The Kier molecular flexibility index (Phi) is 3.64. The van der Waals surface area contributed by atoms with Gasteiger partial charge in [0.25, 0.3) is 0 Å². The minimum absolute atomic E-state index is 0.435. The summed E-state index contributed by atoms with van der Waals surface area (Å²) in [6, 6.07) is 9.79. The molecule has 2 aromatic heterocycles. The summed E-state index contributed by atoms with van der Waals surface area (Å²) in [6.45, 7) is 0. The number of oxazole rings is 1. The molecular weight excluding hydrogens is 272 g/mol. The maximum atomic E-state index is 5.74. The van der Waals surface area contributed by atoms with Gasteiger partial charge in [-0.2, -0.15) is 0 Å². The van der Waals surface area contributed by atoms with Crippen molar-refractivity contribution in [1.82, 2.24) is 15.0 Å². The molecule has 0 bridgehead atoms. The van der Waals surface area contributed by atoms with Gasteiger partial charge >= 0.3 is 0 Å². The quantitative estimate of drug-likeness (QED) is 0.742. The molecule has 20 heavy (non-hydrogen) atoms. The highest BCUT2D eigenvalue weighted by atomic mass is 32.2. The predicted octanol–water partition coefficient (Wildman–Crippen LogP) is 3.01. The lowest BCUT2D eigenvalue weighted by Crippen LogP contribution is -1.95. The molecule has 5 nitrogen and oxygen atoms in total. The van der Waals surface area contributed by atoms with E-state index in [0.29, 0.717) is 22.5 Å². The van der Waals surface area contributed by atoms with Crippen molar-refractivity contribution in [3.63, 3.8) is 0 Å². The van der Waals surface area contributed by atoms with Gasteiger partial charge in [-0.15, -0.1) is 0 Å². The van der Waals surface area contributed by atoms with Crippen LogP contribution in [0.2, 0.25) is 0 Å². The molecule has 0 saturated carbocycles. The van der Waals surface area contributed by atoms with Gasteiger partial charge in [0.05, 0.1) is 5.69 Å². The number of hydrogen-bond donors (Lipinski definition) is 1. The van der Waals surface area contributed by atoms with Crippen molar-refractivity contribution in [2.24, 2.45) is 0 Å². The first-order chi connectivity index (χ1) is 9.83. The monoisotopic (exact) mass is 284 g/mol. The van der Waals surface area contributed by atoms with Gasteiger partial charge in [-0.3, -0.25) is 0 Å². The first-order valence-electron chi connectivity index (χ1n) is 6.02. The Hall–Kier alpha value is -2.34. The largest absolute Gasteiger partial charge is 0.444 e. The summed E-state index contributed by atoms with van der Waals surface area (Å²) in [5.41, 5.74) is 7.55. The molecule has 2 heterocycles. The van der Waals surface area contributed by atoms with Crippen LogP contribution in [0.3, 0.4) is 0 Å². The van der Waals surface area contributed by atoms with Crippen LogP contribution in [0, 0.1) is 0 Å². The second-order valence-corrected chi connectivity index (χ2v) is 5.01. The minimum atomic E-state index is 0.435. The van der Waals surface area contributed by atoms with Gasteiger partial charge in [-0.05, 0) is 12.1 Å². The lowest BCUT2D eigenvalue weighted by molar-refractivity contribution is 0.573. The van der Waals surface area contributed by atoms with Gasteiger partial charge in [-0.1, -0.05) is 30.0 Å². The van der Waals surface area contributed by atoms with Crippen LogP contribution in [0.5, 0.6) is 0 Å². The van der Waals surface area contributed by atoms with Crippen LogP contribution in [-0.4, -0.2) is 15.0 Å². The van der Waals surface area contributed by atoms with Gasteiger partial charge in [-0.25, -0.2) is 15.0 Å². The minimum Gasteiger partial charge on any atom is -0.444 e. The van der Waals surface area contributed by atoms with Gasteiger partial charge in [0.15, 0.2) is 5.82 Å². The molecule has 2 N–H and O–H groups in total. The van der Waals surface area contributed by atoms with Crippen molar-refractivity contribution in [1.29, 1.82) is 0 Å². The Morgan fingerprint density at radius 3 is 2.70 bits per heavy atom. The lowest BCUT2D eigenvalue weighted by Gasteiger charge is -2.00. The number of thioether (sulfide) groups is 1. The molecule has 0 aliphatic heterocycles. The zero-order valence-corrected chi connectivity index (χ0v) is 11.4. The number of nitrogens with zero attached hydrogens (tertiary/aromatic N) is 3. The summed E-state index contributed by atoms with van der Waals surface area (Å²) in [5.74, 6) is 1.69. The summed E-state index contributed by atoms with van der Waals surface area (Å²) < 4.78 is 5.48. The SMILES string of the molecule is Nc1nccnc1SCc1coc(-c2ccccc2)n1. The number of aromatic nitrogens is 3. The molecule has 0 saturated heterocycles. The van der Waals surface area contributed by atoms with Crippen molar-refractivity contribution in [3.05, 3.63) is 54.7 Å². The van der Waals surface area contributed by atoms with E-state index in [0.717, 1.165) is 11.3 Å². The standard InChI is InChI=1S/C14H12N4OS/c15-12-14(17-7-6-16-12)20-9-11-8-19-13(18-11)10-4-2-1-3-5-10/h1-8H,9H2,(H2,15,16). The smallest absolute Gasteiger partial charge is 0.226 e. The predicted molar refractivity (Wildman–Crippen MR) is 77.9 cm³/mol. The van der Waals surface area contributed by atoms with Crippen LogP contribution in [0.4, 0.5) is 5.82 Å². The van der Waals surface area contributed by atoms with E-state index < -0.39 is 0 Å². The van der Waals surface area contributed by atoms with Crippen molar-refractivity contribution in [2.45, 2.75) is 10.8 Å². The molecule has 0 aliphatic rings. The zero-order chi connectivity index (χ0) is 13.8. The second-order valence-electron chi connectivity index (χ2n) is 4.05. The fourth-order valence-electron chi connectivity index (χ4n) is 1.68. The molecule has 0 atom stereocenters. The van der Waals surface area contributed by atoms with E-state index in [2.05, 4.69) is 15.0 Å². The van der Waals surface area contributed by atoms with Gasteiger partial charge in [0.1, 0.15) is 11.3 Å². The molecule has 0 fully saturated rings. The molecule has 0 radical (unpaired) electrons. The van der Waals surface area contributed by atoms with Crippen LogP contribution in [-0.2, 0) is 5.75 Å². The fourth-order valence-corrected chi connectivity index (χ4v) is 2.43. The van der Waals surface area contributed by atoms with E-state index in [4.69, 9.17) is 10.2 Å². The Bertz CT molecular complexity index is 699. The third kappa shape index (κ3) is 2.80. The fraction of sp³-hybridized carbons (Fsp3) is 0.0714. The lowest BCUT2D eigenvalue weighted by atomic mass is 10.2. The molecule has 0 amide bonds. The number of nitrogen functional groups attached to an aromatic ring is 1. The highest BCUT2D eigenvalue weighted by Crippen LogP contribution is 2.25. The van der Waals surface area contributed by atoms with Crippen molar-refractivity contribution < 1.29 is 4.42 Å². The topological polar surface area (TPSA) is 77.8 Å². The van der Waals surface area contributed by atoms with Crippen LogP contribution in [0.15, 0.2) is 58.4 Å². The number of nitrogens with two attached hydrogens (primary N) is 1. The van der Waals surface area contributed by atoms with E-state index in [-0.39, 0.29) is 0 Å². The van der Waals surface area contributed by atoms with Crippen molar-refractivity contribution in [2.75, 3.05) is 5.73 Å². The summed E-state index contributed by atoms with van der Waals surface area (Å²) in [6.07, 6.45) is 4.85. The molecule has 0 aliphatic carbocycles. The Labute approximate surface area is 120 Å². The summed E-state index contributed by atoms with van der Waals surface area (Å²) in [5, 5.41) is 0.705. The number of anilines is 1. The highest BCUT2D eigenvalue weighted by Gasteiger charge is 2.08. The molecule has 0 unspecified atom stereocenters. The van der Waals surface area contributed by atoms with Crippen molar-refractivity contribution >= 4 is 17.6 Å². The Morgan fingerprint density at radius 1 is 1.10 bits per heavy atom. The third-order valence-corrected chi connectivity index (χ3v) is 3.65. The maximum absolute atomic E-state index is 5.74. The first-order valence-corrected chi connectivity index (χ1v) is 7.00. The molecular formula is C14H12N4OS. The first kappa shape index (κ1) is 12.7. The average molecular weight is 284 g/mol. The number of rotatable bonds is 4. The van der Waals surface area contributed by atoms with Gasteiger partial charge < -0.3 is 10.2 Å². The molecule has 3 aromatic rings. The van der Waals surface area contributed by atoms with Crippen molar-refractivity contribution in [3.8, 4) is 11.5 Å². The number of benzene rings is 1. The van der Waals surface area contributed by atoms with Crippen LogP contribution >= 0.6 is 11.8 Å². The van der Waals surface area contributed by atoms with Crippen LogP contribution < -0.4 is 5.73 Å². The van der Waals surface area contributed by atoms with E-state index in [1.54, 1.807) is 18.7 Å². The molecule has 100 valence electrons. The third-order valence-electron chi connectivity index (χ3n) is 2.62. The maximum Gasteiger partial charge on any atom is 0.226 e. The normalized spacial score (nSPS) is 10.6.